The van der Waals surface area contributed by atoms with Gasteiger partial charge in [-0.3, -0.25) is 0 Å². The SMILES string of the molecule is Cc1ccc(O[P+](=O)O)cc1. The lowest BCUT2D eigenvalue weighted by Crippen LogP contribution is -1.79. The summed E-state index contributed by atoms with van der Waals surface area (Å²) in [6, 6.07) is 6.93. The minimum atomic E-state index is -2.54. The Morgan fingerprint density at radius 1 is 1.36 bits per heavy atom. The predicted molar refractivity (Wildman–Crippen MR) is 41.6 cm³/mol. The summed E-state index contributed by atoms with van der Waals surface area (Å²) in [6.07, 6.45) is 0. The van der Waals surface area contributed by atoms with E-state index in [4.69, 9.17) is 4.89 Å². The zero-order valence-electron chi connectivity index (χ0n) is 6.02. The molecule has 0 radical (unpaired) electrons. The fraction of sp³-hybridized carbons (Fsp3) is 0.143. The van der Waals surface area contributed by atoms with Crippen LogP contribution in [0.15, 0.2) is 24.3 Å². The Kier molecular flexibility index (Phi) is 2.58. The van der Waals surface area contributed by atoms with Gasteiger partial charge in [-0.1, -0.05) is 17.7 Å². The molecule has 0 spiro atoms. The number of rotatable bonds is 2. The van der Waals surface area contributed by atoms with E-state index in [-0.39, 0.29) is 0 Å². The molecule has 0 saturated carbocycles. The summed E-state index contributed by atoms with van der Waals surface area (Å²) < 4.78 is 14.7. The molecule has 58 valence electrons. The van der Waals surface area contributed by atoms with Gasteiger partial charge in [-0.15, -0.1) is 4.89 Å². The van der Waals surface area contributed by atoms with Crippen molar-refractivity contribution in [2.75, 3.05) is 0 Å². The van der Waals surface area contributed by atoms with Gasteiger partial charge < -0.3 is 0 Å². The number of hydrogen-bond acceptors (Lipinski definition) is 2. The topological polar surface area (TPSA) is 46.5 Å². The molecular weight excluding hydrogens is 163 g/mol. The van der Waals surface area contributed by atoms with Crippen molar-refractivity contribution in [2.24, 2.45) is 0 Å². The standard InChI is InChI=1S/C7H7O3P/c1-6-2-4-7(5-3-6)10-11(8)9/h2-5H,1H3/p+1. The van der Waals surface area contributed by atoms with Crippen molar-refractivity contribution < 1.29 is 14.0 Å². The van der Waals surface area contributed by atoms with Gasteiger partial charge >= 0.3 is 8.25 Å². The fourth-order valence-electron chi connectivity index (χ4n) is 0.689. The van der Waals surface area contributed by atoms with Crippen LogP contribution in [0.4, 0.5) is 0 Å². The van der Waals surface area contributed by atoms with E-state index in [2.05, 4.69) is 4.52 Å². The zero-order valence-corrected chi connectivity index (χ0v) is 6.91. The van der Waals surface area contributed by atoms with Crippen LogP contribution in [0.5, 0.6) is 5.75 Å². The van der Waals surface area contributed by atoms with Gasteiger partial charge in [-0.05, 0) is 19.1 Å². The van der Waals surface area contributed by atoms with E-state index >= 15 is 0 Å². The average Bonchev–Trinajstić information content (AvgIpc) is 1.93. The lowest BCUT2D eigenvalue weighted by atomic mass is 10.2. The molecule has 0 amide bonds. The molecule has 1 rings (SSSR count). The molecule has 0 heterocycles. The second kappa shape index (κ2) is 3.46. The van der Waals surface area contributed by atoms with E-state index in [0.717, 1.165) is 5.56 Å². The average molecular weight is 171 g/mol. The molecule has 1 aromatic carbocycles. The van der Waals surface area contributed by atoms with Crippen molar-refractivity contribution in [3.63, 3.8) is 0 Å². The molecule has 0 fully saturated rings. The molecule has 0 aliphatic rings. The first-order valence-corrected chi connectivity index (χ1v) is 4.22. The maximum absolute atomic E-state index is 10.2. The third kappa shape index (κ3) is 2.66. The minimum Gasteiger partial charge on any atom is -0.229 e. The van der Waals surface area contributed by atoms with Gasteiger partial charge in [0.25, 0.3) is 0 Å². The Hall–Kier alpha value is -0.920. The lowest BCUT2D eigenvalue weighted by Gasteiger charge is -1.91. The van der Waals surface area contributed by atoms with Crippen molar-refractivity contribution >= 4 is 8.25 Å². The lowest BCUT2D eigenvalue weighted by molar-refractivity contribution is 0.410. The number of aryl methyl sites for hydroxylation is 1. The van der Waals surface area contributed by atoms with Crippen LogP contribution in [-0.4, -0.2) is 4.89 Å². The first-order valence-electron chi connectivity index (χ1n) is 3.09. The normalized spacial score (nSPS) is 10.9. The van der Waals surface area contributed by atoms with Gasteiger partial charge in [-0.25, -0.2) is 4.52 Å². The van der Waals surface area contributed by atoms with Crippen molar-refractivity contribution in [3.8, 4) is 5.75 Å². The van der Waals surface area contributed by atoms with Crippen LogP contribution in [0.1, 0.15) is 5.56 Å². The molecule has 3 nitrogen and oxygen atoms in total. The van der Waals surface area contributed by atoms with Gasteiger partial charge in [-0.2, -0.15) is 0 Å². The molecule has 0 aliphatic heterocycles. The maximum atomic E-state index is 10.2. The number of hydrogen-bond donors (Lipinski definition) is 1. The van der Waals surface area contributed by atoms with Crippen molar-refractivity contribution in [3.05, 3.63) is 29.8 Å². The van der Waals surface area contributed by atoms with Gasteiger partial charge in [0.2, 0.25) is 0 Å². The van der Waals surface area contributed by atoms with Crippen LogP contribution in [0.25, 0.3) is 0 Å². The van der Waals surface area contributed by atoms with Crippen molar-refractivity contribution in [2.45, 2.75) is 6.92 Å². The van der Waals surface area contributed by atoms with E-state index in [1.54, 1.807) is 12.1 Å². The van der Waals surface area contributed by atoms with Gasteiger partial charge in [0.15, 0.2) is 5.75 Å². The molecule has 11 heavy (non-hydrogen) atoms. The Bertz CT molecular complexity index is 255. The van der Waals surface area contributed by atoms with Crippen LogP contribution in [0.2, 0.25) is 0 Å². The maximum Gasteiger partial charge on any atom is 0.747 e. The Morgan fingerprint density at radius 2 is 1.91 bits per heavy atom. The molecule has 1 atom stereocenters. The first-order chi connectivity index (χ1) is 5.18. The fourth-order valence-corrected chi connectivity index (χ4v) is 0.991. The third-order valence-electron chi connectivity index (χ3n) is 1.20. The Balaban J connectivity index is 2.74. The van der Waals surface area contributed by atoms with E-state index in [1.807, 2.05) is 19.1 Å². The third-order valence-corrected chi connectivity index (χ3v) is 1.57. The van der Waals surface area contributed by atoms with E-state index in [1.165, 1.54) is 0 Å². The van der Waals surface area contributed by atoms with E-state index < -0.39 is 8.25 Å². The van der Waals surface area contributed by atoms with Crippen LogP contribution >= 0.6 is 8.25 Å². The second-order valence-electron chi connectivity index (χ2n) is 2.14. The Morgan fingerprint density at radius 3 is 2.36 bits per heavy atom. The monoisotopic (exact) mass is 171 g/mol. The van der Waals surface area contributed by atoms with Crippen LogP contribution < -0.4 is 4.52 Å². The molecule has 0 aliphatic carbocycles. The minimum absolute atomic E-state index is 0.416. The van der Waals surface area contributed by atoms with Crippen LogP contribution in [-0.2, 0) is 4.57 Å². The molecule has 1 N–H and O–H groups in total. The first kappa shape index (κ1) is 8.18. The molecule has 4 heteroatoms. The highest BCUT2D eigenvalue weighted by Gasteiger charge is 2.12. The van der Waals surface area contributed by atoms with Crippen molar-refractivity contribution in [1.82, 2.24) is 0 Å². The molecule has 0 aromatic heterocycles. The van der Waals surface area contributed by atoms with Gasteiger partial charge in [0.1, 0.15) is 0 Å². The molecule has 0 saturated heterocycles. The summed E-state index contributed by atoms with van der Waals surface area (Å²) in [5.74, 6) is 0.416. The summed E-state index contributed by atoms with van der Waals surface area (Å²) >= 11 is 0. The predicted octanol–water partition coefficient (Wildman–Crippen LogP) is 2.02. The largest absolute Gasteiger partial charge is 0.747 e. The zero-order chi connectivity index (χ0) is 8.27. The second-order valence-corrected chi connectivity index (χ2v) is 2.80. The molecule has 1 unspecified atom stereocenters. The Labute approximate surface area is 65.6 Å². The van der Waals surface area contributed by atoms with E-state index in [0.29, 0.717) is 5.75 Å². The molecule has 1 aromatic rings. The highest BCUT2D eigenvalue weighted by Crippen LogP contribution is 2.22. The summed E-state index contributed by atoms with van der Waals surface area (Å²) in [5, 5.41) is 0. The highest BCUT2D eigenvalue weighted by atomic mass is 31.1. The smallest absolute Gasteiger partial charge is 0.229 e. The van der Waals surface area contributed by atoms with Gasteiger partial charge in [0, 0.05) is 4.57 Å². The summed E-state index contributed by atoms with van der Waals surface area (Å²) in [6.45, 7) is 1.93. The molecule has 0 bridgehead atoms. The number of benzene rings is 1. The summed E-state index contributed by atoms with van der Waals surface area (Å²) in [7, 11) is -2.54. The quantitative estimate of drug-likeness (QED) is 0.692. The van der Waals surface area contributed by atoms with Crippen molar-refractivity contribution in [1.29, 1.82) is 0 Å². The summed E-state index contributed by atoms with van der Waals surface area (Å²) in [4.78, 5) is 8.36. The van der Waals surface area contributed by atoms with Gasteiger partial charge in [0.05, 0.1) is 0 Å². The molecular formula is C7H8O3P+. The highest BCUT2D eigenvalue weighted by molar-refractivity contribution is 7.32. The van der Waals surface area contributed by atoms with E-state index in [9.17, 15) is 4.57 Å². The summed E-state index contributed by atoms with van der Waals surface area (Å²) in [5.41, 5.74) is 1.09. The van der Waals surface area contributed by atoms with Crippen LogP contribution in [0.3, 0.4) is 0 Å². The van der Waals surface area contributed by atoms with Crippen LogP contribution in [0, 0.1) is 6.92 Å².